The molecule has 0 bridgehead atoms. The summed E-state index contributed by atoms with van der Waals surface area (Å²) >= 11 is 0. The summed E-state index contributed by atoms with van der Waals surface area (Å²) in [5, 5.41) is 16.9. The van der Waals surface area contributed by atoms with Crippen molar-refractivity contribution >= 4 is 28.8 Å². The molecule has 1 spiro atoms. The fraction of sp³-hybridized carbons (Fsp3) is 0.500. The van der Waals surface area contributed by atoms with Crippen LogP contribution in [0.1, 0.15) is 36.5 Å². The zero-order valence-electron chi connectivity index (χ0n) is 15.3. The Morgan fingerprint density at radius 3 is 2.93 bits per heavy atom. The van der Waals surface area contributed by atoms with Crippen LogP contribution < -0.4 is 5.32 Å². The molecule has 1 aromatic carbocycles. The fourth-order valence-electron chi connectivity index (χ4n) is 5.14. The van der Waals surface area contributed by atoms with Crippen LogP contribution in [0.25, 0.3) is 10.9 Å². The molecule has 2 aromatic rings. The maximum Gasteiger partial charge on any atom is 0.274 e. The third kappa shape index (κ3) is 2.45. The third-order valence-corrected chi connectivity index (χ3v) is 6.83. The van der Waals surface area contributed by atoms with E-state index in [1.807, 2.05) is 19.2 Å². The first-order valence-corrected chi connectivity index (χ1v) is 9.64. The summed E-state index contributed by atoms with van der Waals surface area (Å²) in [6.45, 7) is 3.96. The zero-order valence-corrected chi connectivity index (χ0v) is 15.3. The maximum absolute atomic E-state index is 13.3. The number of ketones is 1. The highest BCUT2D eigenvalue weighted by molar-refractivity contribution is 6.03. The number of amides is 1. The Bertz CT molecular complexity index is 943. The monoisotopic (exact) mass is 365 g/mol. The zero-order chi connectivity index (χ0) is 18.6. The average Bonchev–Trinajstić information content (AvgIpc) is 3.32. The van der Waals surface area contributed by atoms with Gasteiger partial charge in [0.2, 0.25) is 0 Å². The molecule has 1 saturated heterocycles. The van der Waals surface area contributed by atoms with Crippen LogP contribution in [0.15, 0.2) is 29.5 Å². The predicted octanol–water partition coefficient (Wildman–Crippen LogP) is 1.97. The van der Waals surface area contributed by atoms with Crippen LogP contribution in [-0.2, 0) is 4.79 Å². The Morgan fingerprint density at radius 2 is 2.11 bits per heavy atom. The molecule has 3 unspecified atom stereocenters. The molecule has 3 atom stereocenters. The highest BCUT2D eigenvalue weighted by Gasteiger charge is 2.54. The number of hydrogen-bond donors (Lipinski definition) is 2. The number of rotatable bonds is 1. The second-order valence-electron chi connectivity index (χ2n) is 8.14. The number of fused-ring (bicyclic) bond motifs is 2. The third-order valence-electron chi connectivity index (χ3n) is 6.83. The first kappa shape index (κ1) is 16.6. The van der Waals surface area contributed by atoms with Gasteiger partial charge in [0.1, 0.15) is 6.04 Å². The van der Waals surface area contributed by atoms with E-state index in [0.29, 0.717) is 5.56 Å². The van der Waals surface area contributed by atoms with Crippen LogP contribution in [0.3, 0.4) is 0 Å². The Labute approximate surface area is 157 Å². The maximum atomic E-state index is 13.3. The minimum Gasteiger partial charge on any atom is -0.317 e. The molecular weight excluding hydrogens is 342 g/mol. The first-order valence-electron chi connectivity index (χ1n) is 9.64. The van der Waals surface area contributed by atoms with E-state index in [1.165, 1.54) is 5.01 Å². The van der Waals surface area contributed by atoms with E-state index >= 15 is 0 Å². The molecule has 27 heavy (non-hydrogen) atoms. The Morgan fingerprint density at radius 1 is 1.30 bits per heavy atom. The van der Waals surface area contributed by atoms with Crippen molar-refractivity contribution in [2.75, 3.05) is 13.1 Å². The normalized spacial score (nSPS) is 29.4. The lowest BCUT2D eigenvalue weighted by Gasteiger charge is -2.48. The van der Waals surface area contributed by atoms with E-state index in [2.05, 4.69) is 20.6 Å². The number of H-pyrrole nitrogens is 1. The van der Waals surface area contributed by atoms with E-state index in [0.717, 1.165) is 43.3 Å². The lowest BCUT2D eigenvalue weighted by molar-refractivity contribution is -0.138. The summed E-state index contributed by atoms with van der Waals surface area (Å²) in [6.07, 6.45) is 6.48. The Balaban J connectivity index is 1.43. The Hall–Kier alpha value is -2.54. The van der Waals surface area contributed by atoms with Gasteiger partial charge in [0.15, 0.2) is 5.78 Å². The number of hydrazone groups is 1. The number of nitrogens with one attached hydrogen (secondary N) is 2. The minimum absolute atomic E-state index is 0.0217. The molecule has 140 valence electrons. The second-order valence-corrected chi connectivity index (χ2v) is 8.14. The second kappa shape index (κ2) is 5.99. The number of benzene rings is 1. The predicted molar refractivity (Wildman–Crippen MR) is 101 cm³/mol. The molecule has 2 fully saturated rings. The molecule has 7 heteroatoms. The van der Waals surface area contributed by atoms with Crippen LogP contribution >= 0.6 is 0 Å². The van der Waals surface area contributed by atoms with Gasteiger partial charge in [0.05, 0.1) is 11.7 Å². The minimum atomic E-state index is -0.465. The van der Waals surface area contributed by atoms with Crippen LogP contribution in [0.5, 0.6) is 0 Å². The van der Waals surface area contributed by atoms with Gasteiger partial charge in [0.25, 0.3) is 5.91 Å². The van der Waals surface area contributed by atoms with Gasteiger partial charge in [-0.25, -0.2) is 5.01 Å². The molecule has 0 radical (unpaired) electrons. The van der Waals surface area contributed by atoms with E-state index in [1.54, 1.807) is 18.3 Å². The molecule has 2 aliphatic heterocycles. The number of carbonyl (C=O) groups excluding carboxylic acids is 2. The van der Waals surface area contributed by atoms with Gasteiger partial charge in [-0.1, -0.05) is 6.92 Å². The van der Waals surface area contributed by atoms with Gasteiger partial charge < -0.3 is 5.32 Å². The standard InChI is InChI=1S/C20H23N5O2/c1-12-18(26)17-15(9-20(12)4-6-21-7-5-20)11-23-25(17)19(27)13-2-3-16-14(8-13)10-22-24-16/h2-3,8,10-12,15,17,21H,4-7,9H2,1H3,(H,22,24). The van der Waals surface area contributed by atoms with Gasteiger partial charge >= 0.3 is 0 Å². The molecule has 5 rings (SSSR count). The summed E-state index contributed by atoms with van der Waals surface area (Å²) in [4.78, 5) is 26.4. The number of aromatic amines is 1. The summed E-state index contributed by atoms with van der Waals surface area (Å²) in [5.74, 6) is -0.0883. The first-order chi connectivity index (χ1) is 13.1. The SMILES string of the molecule is CC1C(=O)C2C(C=NN2C(=O)c2ccc3[nH]ncc3c2)CC12CCNCC2. The van der Waals surface area contributed by atoms with Crippen molar-refractivity contribution in [2.24, 2.45) is 22.4 Å². The van der Waals surface area contributed by atoms with E-state index in [4.69, 9.17) is 0 Å². The van der Waals surface area contributed by atoms with E-state index < -0.39 is 6.04 Å². The smallest absolute Gasteiger partial charge is 0.274 e. The van der Waals surface area contributed by atoms with Gasteiger partial charge in [-0.3, -0.25) is 14.7 Å². The molecule has 1 aromatic heterocycles. The van der Waals surface area contributed by atoms with Crippen molar-refractivity contribution in [3.63, 3.8) is 0 Å². The molecule has 3 heterocycles. The van der Waals surface area contributed by atoms with Crippen molar-refractivity contribution in [3.8, 4) is 0 Å². The summed E-state index contributed by atoms with van der Waals surface area (Å²) < 4.78 is 0. The lowest BCUT2D eigenvalue weighted by Crippen LogP contribution is -2.56. The summed E-state index contributed by atoms with van der Waals surface area (Å²) in [5.41, 5.74) is 1.46. The number of nitrogens with zero attached hydrogens (tertiary/aromatic N) is 3. The average molecular weight is 365 g/mol. The molecule has 1 amide bonds. The molecule has 7 nitrogen and oxygen atoms in total. The summed E-state index contributed by atoms with van der Waals surface area (Å²) in [6, 6.07) is 4.93. The van der Waals surface area contributed by atoms with Crippen LogP contribution in [-0.4, -0.2) is 52.2 Å². The quantitative estimate of drug-likeness (QED) is 0.808. The van der Waals surface area contributed by atoms with Crippen molar-refractivity contribution in [2.45, 2.75) is 32.2 Å². The number of aromatic nitrogens is 2. The number of piperidine rings is 1. The highest BCUT2D eigenvalue weighted by Crippen LogP contribution is 2.49. The summed E-state index contributed by atoms with van der Waals surface area (Å²) in [7, 11) is 0. The topological polar surface area (TPSA) is 90.5 Å². The lowest BCUT2D eigenvalue weighted by atomic mass is 9.58. The molecule has 2 N–H and O–H groups in total. The molecule has 1 saturated carbocycles. The van der Waals surface area contributed by atoms with Gasteiger partial charge in [0, 0.05) is 29.0 Å². The number of hydrogen-bond acceptors (Lipinski definition) is 5. The van der Waals surface area contributed by atoms with Gasteiger partial charge in [-0.05, 0) is 56.0 Å². The van der Waals surface area contributed by atoms with Crippen LogP contribution in [0, 0.1) is 17.3 Å². The highest BCUT2D eigenvalue weighted by atomic mass is 16.2. The number of carbonyl (C=O) groups is 2. The Kier molecular flexibility index (Phi) is 3.69. The van der Waals surface area contributed by atoms with E-state index in [9.17, 15) is 9.59 Å². The van der Waals surface area contributed by atoms with Crippen LogP contribution in [0.2, 0.25) is 0 Å². The van der Waals surface area contributed by atoms with Crippen molar-refractivity contribution in [3.05, 3.63) is 30.0 Å². The molecule has 1 aliphatic carbocycles. The molecule has 3 aliphatic rings. The molecular formula is C20H23N5O2. The fourth-order valence-corrected chi connectivity index (χ4v) is 5.14. The number of Topliss-reactive ketones (excluding diaryl/α,β-unsaturated/α-hetero) is 1. The van der Waals surface area contributed by atoms with Crippen molar-refractivity contribution in [1.82, 2.24) is 20.5 Å². The van der Waals surface area contributed by atoms with Gasteiger partial charge in [-0.15, -0.1) is 0 Å². The van der Waals surface area contributed by atoms with E-state index in [-0.39, 0.29) is 28.9 Å². The van der Waals surface area contributed by atoms with Gasteiger partial charge in [-0.2, -0.15) is 10.2 Å². The van der Waals surface area contributed by atoms with Crippen molar-refractivity contribution in [1.29, 1.82) is 0 Å². The largest absolute Gasteiger partial charge is 0.317 e. The van der Waals surface area contributed by atoms with Crippen molar-refractivity contribution < 1.29 is 9.59 Å². The van der Waals surface area contributed by atoms with Crippen LogP contribution in [0.4, 0.5) is 0 Å².